The quantitative estimate of drug-likeness (QED) is 0.571. The lowest BCUT2D eigenvalue weighted by Crippen LogP contribution is -2.46. The van der Waals surface area contributed by atoms with Crippen molar-refractivity contribution >= 4 is 21.8 Å². The Kier molecular flexibility index (Phi) is 4.91. The van der Waals surface area contributed by atoms with Gasteiger partial charge >= 0.3 is 0 Å². The zero-order valence-electron chi connectivity index (χ0n) is 16.9. The van der Waals surface area contributed by atoms with Crippen LogP contribution in [0, 0.1) is 5.82 Å². The average Bonchev–Trinajstić information content (AvgIpc) is 3.04. The summed E-state index contributed by atoms with van der Waals surface area (Å²) in [6.45, 7) is 0.0777. The fourth-order valence-electron chi connectivity index (χ4n) is 4.43. The van der Waals surface area contributed by atoms with Crippen LogP contribution in [-0.2, 0) is 16.4 Å². The number of benzene rings is 3. The summed E-state index contributed by atoms with van der Waals surface area (Å²) in [5, 5.41) is 0. The van der Waals surface area contributed by atoms with Gasteiger partial charge in [0.2, 0.25) is 10.0 Å². The molecular weight excluding hydrogens is 431 g/mol. The van der Waals surface area contributed by atoms with Gasteiger partial charge in [-0.15, -0.1) is 0 Å². The molecule has 2 heterocycles. The van der Waals surface area contributed by atoms with Crippen molar-refractivity contribution in [1.82, 2.24) is 9.21 Å². The third-order valence-electron chi connectivity index (χ3n) is 6.02. The second kappa shape index (κ2) is 7.65. The maximum absolute atomic E-state index is 13.5. The summed E-state index contributed by atoms with van der Waals surface area (Å²) in [4.78, 5) is 27.0. The van der Waals surface area contributed by atoms with Crippen molar-refractivity contribution in [2.45, 2.75) is 17.4 Å². The highest BCUT2D eigenvalue weighted by atomic mass is 32.2. The zero-order valence-corrected chi connectivity index (χ0v) is 17.8. The minimum atomic E-state index is -4.00. The first kappa shape index (κ1) is 20.5. The van der Waals surface area contributed by atoms with Crippen LogP contribution in [0.15, 0.2) is 77.7 Å². The first-order chi connectivity index (χ1) is 15.4. The lowest BCUT2D eigenvalue weighted by atomic mass is 9.94. The normalized spacial score (nSPS) is 18.5. The van der Waals surface area contributed by atoms with Gasteiger partial charge in [0.1, 0.15) is 5.82 Å². The van der Waals surface area contributed by atoms with E-state index in [2.05, 4.69) is 0 Å². The Morgan fingerprint density at radius 3 is 2.09 bits per heavy atom. The number of carbonyl (C=O) groups is 2. The van der Waals surface area contributed by atoms with Crippen molar-refractivity contribution in [2.75, 3.05) is 13.1 Å². The molecule has 1 unspecified atom stereocenters. The molecule has 2 amide bonds. The number of carbonyl (C=O) groups excluding carboxylic acids is 2. The highest BCUT2D eigenvalue weighted by Crippen LogP contribution is 2.36. The molecule has 3 aromatic carbocycles. The molecule has 0 aliphatic carbocycles. The first-order valence-corrected chi connectivity index (χ1v) is 11.6. The summed E-state index contributed by atoms with van der Waals surface area (Å²) in [5.41, 5.74) is 2.35. The van der Waals surface area contributed by atoms with Gasteiger partial charge < -0.3 is 0 Å². The van der Waals surface area contributed by atoms with Gasteiger partial charge in [0, 0.05) is 6.54 Å². The standard InChI is InChI=1S/C24H19FN2O4S/c25-17-9-11-18(12-10-17)32(30,31)27-14-13-16-5-1-2-6-19(16)22(27)15-26-23(28)20-7-3-4-8-21(20)24(26)29/h1-12,22H,13-15H2. The lowest BCUT2D eigenvalue weighted by molar-refractivity contribution is 0.0616. The van der Waals surface area contributed by atoms with Crippen LogP contribution in [-0.4, -0.2) is 42.5 Å². The number of amides is 2. The van der Waals surface area contributed by atoms with E-state index in [0.717, 1.165) is 28.2 Å². The molecule has 1 atom stereocenters. The third-order valence-corrected chi connectivity index (χ3v) is 7.94. The third kappa shape index (κ3) is 3.23. The summed E-state index contributed by atoms with van der Waals surface area (Å²) in [5.74, 6) is -1.41. The average molecular weight is 450 g/mol. The second-order valence-corrected chi connectivity index (χ2v) is 9.69. The topological polar surface area (TPSA) is 74.8 Å². The molecule has 0 spiro atoms. The number of nitrogens with zero attached hydrogens (tertiary/aromatic N) is 2. The molecule has 0 fully saturated rings. The number of rotatable bonds is 4. The van der Waals surface area contributed by atoms with E-state index in [1.54, 1.807) is 24.3 Å². The van der Waals surface area contributed by atoms with Crippen LogP contribution in [0.3, 0.4) is 0 Å². The Hall–Kier alpha value is -3.36. The minimum absolute atomic E-state index is 0.0364. The Labute approximate surface area is 184 Å². The lowest BCUT2D eigenvalue weighted by Gasteiger charge is -2.37. The van der Waals surface area contributed by atoms with E-state index in [1.807, 2.05) is 24.3 Å². The number of sulfonamides is 1. The van der Waals surface area contributed by atoms with Gasteiger partial charge in [0.05, 0.1) is 28.6 Å². The van der Waals surface area contributed by atoms with Crippen LogP contribution in [0.4, 0.5) is 4.39 Å². The van der Waals surface area contributed by atoms with E-state index in [0.29, 0.717) is 17.5 Å². The van der Waals surface area contributed by atoms with Gasteiger partial charge in [-0.2, -0.15) is 4.31 Å². The predicted octanol–water partition coefficient (Wildman–Crippen LogP) is 3.41. The molecule has 0 bridgehead atoms. The largest absolute Gasteiger partial charge is 0.272 e. The molecule has 0 saturated carbocycles. The smallest absolute Gasteiger partial charge is 0.261 e. The van der Waals surface area contributed by atoms with E-state index >= 15 is 0 Å². The van der Waals surface area contributed by atoms with Crippen LogP contribution in [0.2, 0.25) is 0 Å². The number of fused-ring (bicyclic) bond motifs is 2. The molecule has 5 rings (SSSR count). The van der Waals surface area contributed by atoms with Crippen molar-refractivity contribution in [1.29, 1.82) is 0 Å². The van der Waals surface area contributed by atoms with Gasteiger partial charge in [-0.3, -0.25) is 14.5 Å². The Balaban J connectivity index is 1.56. The Bertz CT molecular complexity index is 1300. The van der Waals surface area contributed by atoms with Crippen LogP contribution < -0.4 is 0 Å². The van der Waals surface area contributed by atoms with Crippen LogP contribution >= 0.6 is 0 Å². The number of hydrogen-bond donors (Lipinski definition) is 0. The molecular formula is C24H19FN2O4S. The molecule has 0 saturated heterocycles. The SMILES string of the molecule is O=C1c2ccccc2C(=O)N1CC1c2ccccc2CCN1S(=O)(=O)c1ccc(F)cc1. The molecule has 3 aromatic rings. The highest BCUT2D eigenvalue weighted by molar-refractivity contribution is 7.89. The molecule has 2 aliphatic heterocycles. The van der Waals surface area contributed by atoms with E-state index in [-0.39, 0.29) is 18.0 Å². The summed E-state index contributed by atoms with van der Waals surface area (Å²) >= 11 is 0. The first-order valence-electron chi connectivity index (χ1n) is 10.2. The molecule has 6 nitrogen and oxygen atoms in total. The number of halogens is 1. The van der Waals surface area contributed by atoms with Gasteiger partial charge in [-0.05, 0) is 53.9 Å². The number of imide groups is 1. The Morgan fingerprint density at radius 1 is 0.844 bits per heavy atom. The van der Waals surface area contributed by atoms with E-state index < -0.39 is 33.7 Å². The monoisotopic (exact) mass is 450 g/mol. The fraction of sp³-hybridized carbons (Fsp3) is 0.167. The minimum Gasteiger partial charge on any atom is -0.272 e. The number of hydrogen-bond acceptors (Lipinski definition) is 4. The summed E-state index contributed by atoms with van der Waals surface area (Å²) in [6, 6.07) is 17.9. The van der Waals surface area contributed by atoms with E-state index in [9.17, 15) is 22.4 Å². The Morgan fingerprint density at radius 2 is 1.44 bits per heavy atom. The zero-order chi connectivity index (χ0) is 22.5. The van der Waals surface area contributed by atoms with Crippen molar-refractivity contribution in [3.05, 3.63) is 101 Å². The summed E-state index contributed by atoms with van der Waals surface area (Å²) in [7, 11) is -4.00. The van der Waals surface area contributed by atoms with Gasteiger partial charge in [-0.25, -0.2) is 12.8 Å². The maximum atomic E-state index is 13.5. The molecule has 0 radical (unpaired) electrons. The maximum Gasteiger partial charge on any atom is 0.261 e. The van der Waals surface area contributed by atoms with Crippen LogP contribution in [0.1, 0.15) is 37.9 Å². The molecule has 8 heteroatoms. The fourth-order valence-corrected chi connectivity index (χ4v) is 6.02. The van der Waals surface area contributed by atoms with Crippen molar-refractivity contribution < 1.29 is 22.4 Å². The molecule has 32 heavy (non-hydrogen) atoms. The van der Waals surface area contributed by atoms with Crippen LogP contribution in [0.5, 0.6) is 0 Å². The van der Waals surface area contributed by atoms with E-state index in [1.165, 1.54) is 16.4 Å². The molecule has 0 N–H and O–H groups in total. The van der Waals surface area contributed by atoms with Crippen LogP contribution in [0.25, 0.3) is 0 Å². The molecule has 2 aliphatic rings. The van der Waals surface area contributed by atoms with Gasteiger partial charge in [0.25, 0.3) is 11.8 Å². The highest BCUT2D eigenvalue weighted by Gasteiger charge is 2.42. The molecule has 0 aromatic heterocycles. The second-order valence-electron chi connectivity index (χ2n) is 7.80. The summed E-state index contributed by atoms with van der Waals surface area (Å²) < 4.78 is 41.7. The van der Waals surface area contributed by atoms with Crippen molar-refractivity contribution in [3.8, 4) is 0 Å². The predicted molar refractivity (Wildman–Crippen MR) is 115 cm³/mol. The van der Waals surface area contributed by atoms with Crippen molar-refractivity contribution in [2.24, 2.45) is 0 Å². The van der Waals surface area contributed by atoms with Gasteiger partial charge in [-0.1, -0.05) is 36.4 Å². The van der Waals surface area contributed by atoms with E-state index in [4.69, 9.17) is 0 Å². The van der Waals surface area contributed by atoms with Gasteiger partial charge in [0.15, 0.2) is 0 Å². The molecule has 162 valence electrons. The summed E-state index contributed by atoms with van der Waals surface area (Å²) in [6.07, 6.45) is 0.495. The van der Waals surface area contributed by atoms with Crippen molar-refractivity contribution in [3.63, 3.8) is 0 Å².